The van der Waals surface area contributed by atoms with Crippen molar-refractivity contribution in [2.24, 2.45) is 0 Å². The summed E-state index contributed by atoms with van der Waals surface area (Å²) in [4.78, 5) is 0. The quantitative estimate of drug-likeness (QED) is 0.671. The number of hydrogen-bond acceptors (Lipinski definition) is 2. The fourth-order valence-electron chi connectivity index (χ4n) is 3.57. The molecule has 0 aromatic carbocycles. The van der Waals surface area contributed by atoms with E-state index >= 15 is 0 Å². The van der Waals surface area contributed by atoms with Gasteiger partial charge >= 0.3 is 0 Å². The summed E-state index contributed by atoms with van der Waals surface area (Å²) in [6.07, 6.45) is 13.7. The highest BCUT2D eigenvalue weighted by molar-refractivity contribution is 6.21. The Morgan fingerprint density at radius 2 is 1.85 bits per heavy atom. The number of aromatic nitrogens is 2. The van der Waals surface area contributed by atoms with Gasteiger partial charge in [-0.3, -0.25) is 4.68 Å². The minimum atomic E-state index is 0.286. The first-order valence-corrected chi connectivity index (χ1v) is 8.68. The summed E-state index contributed by atoms with van der Waals surface area (Å²) in [6, 6.07) is 3.25. The second-order valence-electron chi connectivity index (χ2n) is 6.37. The van der Waals surface area contributed by atoms with Gasteiger partial charge in [0.05, 0.1) is 11.7 Å². The van der Waals surface area contributed by atoms with Crippen LogP contribution in [0.1, 0.15) is 69.5 Å². The fourth-order valence-corrected chi connectivity index (χ4v) is 3.94. The molecule has 2 aliphatic rings. The third-order valence-corrected chi connectivity index (χ3v) is 5.36. The van der Waals surface area contributed by atoms with E-state index in [0.29, 0.717) is 12.1 Å². The molecule has 1 heterocycles. The molecule has 1 aromatic heterocycles. The Kier molecular flexibility index (Phi) is 5.00. The molecule has 1 N–H and O–H groups in total. The predicted octanol–water partition coefficient (Wildman–Crippen LogP) is 4.03. The third-order valence-electron chi connectivity index (χ3n) is 4.84. The van der Waals surface area contributed by atoms with E-state index in [1.807, 2.05) is 0 Å². The molecule has 20 heavy (non-hydrogen) atoms. The van der Waals surface area contributed by atoms with E-state index < -0.39 is 0 Å². The SMILES string of the molecule is ClC1CCCCCC1NCc1ccn(C2CCCC2)n1. The summed E-state index contributed by atoms with van der Waals surface area (Å²) in [5, 5.41) is 8.65. The fraction of sp³-hybridized carbons (Fsp3) is 0.812. The van der Waals surface area contributed by atoms with Gasteiger partial charge in [0.1, 0.15) is 0 Å². The van der Waals surface area contributed by atoms with Crippen LogP contribution in [0.5, 0.6) is 0 Å². The Bertz CT molecular complexity index is 412. The lowest BCUT2D eigenvalue weighted by molar-refractivity contribution is 0.442. The summed E-state index contributed by atoms with van der Waals surface area (Å²) < 4.78 is 2.18. The molecule has 2 atom stereocenters. The number of nitrogens with zero attached hydrogens (tertiary/aromatic N) is 2. The van der Waals surface area contributed by atoms with Gasteiger partial charge in [0.25, 0.3) is 0 Å². The average molecular weight is 296 g/mol. The molecule has 0 saturated heterocycles. The first kappa shape index (κ1) is 14.4. The number of halogens is 1. The second kappa shape index (κ2) is 6.95. The molecule has 0 aliphatic heterocycles. The lowest BCUT2D eigenvalue weighted by Crippen LogP contribution is -2.35. The van der Waals surface area contributed by atoms with Crippen molar-refractivity contribution in [1.82, 2.24) is 15.1 Å². The summed E-state index contributed by atoms with van der Waals surface area (Å²) >= 11 is 6.47. The van der Waals surface area contributed by atoms with Crippen LogP contribution >= 0.6 is 11.6 Å². The minimum Gasteiger partial charge on any atom is -0.307 e. The smallest absolute Gasteiger partial charge is 0.0762 e. The van der Waals surface area contributed by atoms with Crippen LogP contribution in [0.3, 0.4) is 0 Å². The number of alkyl halides is 1. The molecule has 3 nitrogen and oxygen atoms in total. The number of rotatable bonds is 4. The molecule has 3 rings (SSSR count). The molecule has 1 aromatic rings. The lowest BCUT2D eigenvalue weighted by atomic mass is 10.1. The van der Waals surface area contributed by atoms with Crippen LogP contribution in [0.4, 0.5) is 0 Å². The van der Waals surface area contributed by atoms with E-state index in [4.69, 9.17) is 16.7 Å². The monoisotopic (exact) mass is 295 g/mol. The maximum absolute atomic E-state index is 6.47. The summed E-state index contributed by atoms with van der Waals surface area (Å²) in [5.41, 5.74) is 1.16. The van der Waals surface area contributed by atoms with E-state index in [9.17, 15) is 0 Å². The highest BCUT2D eigenvalue weighted by atomic mass is 35.5. The Hall–Kier alpha value is -0.540. The predicted molar refractivity (Wildman–Crippen MR) is 83.1 cm³/mol. The maximum Gasteiger partial charge on any atom is 0.0762 e. The highest BCUT2D eigenvalue weighted by Gasteiger charge is 2.22. The second-order valence-corrected chi connectivity index (χ2v) is 6.93. The number of hydrogen-bond donors (Lipinski definition) is 1. The van der Waals surface area contributed by atoms with Crippen LogP contribution in [0, 0.1) is 0 Å². The van der Waals surface area contributed by atoms with Gasteiger partial charge in [-0.1, -0.05) is 32.1 Å². The molecule has 112 valence electrons. The molecule has 0 bridgehead atoms. The molecule has 2 aliphatic carbocycles. The highest BCUT2D eigenvalue weighted by Crippen LogP contribution is 2.28. The first-order chi connectivity index (χ1) is 9.83. The van der Waals surface area contributed by atoms with Gasteiger partial charge in [-0.2, -0.15) is 5.10 Å². The van der Waals surface area contributed by atoms with Crippen LogP contribution in [0.2, 0.25) is 0 Å². The van der Waals surface area contributed by atoms with Gasteiger partial charge in [-0.05, 0) is 31.7 Å². The molecule has 0 radical (unpaired) electrons. The Morgan fingerprint density at radius 1 is 1.10 bits per heavy atom. The Morgan fingerprint density at radius 3 is 2.70 bits per heavy atom. The van der Waals surface area contributed by atoms with Crippen molar-refractivity contribution in [1.29, 1.82) is 0 Å². The van der Waals surface area contributed by atoms with Crippen molar-refractivity contribution in [3.8, 4) is 0 Å². The van der Waals surface area contributed by atoms with E-state index in [-0.39, 0.29) is 5.38 Å². The van der Waals surface area contributed by atoms with Crippen molar-refractivity contribution in [2.45, 2.75) is 81.8 Å². The van der Waals surface area contributed by atoms with Crippen molar-refractivity contribution in [3.05, 3.63) is 18.0 Å². The van der Waals surface area contributed by atoms with Gasteiger partial charge < -0.3 is 5.32 Å². The number of nitrogens with one attached hydrogen (secondary N) is 1. The van der Waals surface area contributed by atoms with E-state index in [1.165, 1.54) is 51.4 Å². The third kappa shape index (κ3) is 3.56. The van der Waals surface area contributed by atoms with Gasteiger partial charge in [-0.25, -0.2) is 0 Å². The van der Waals surface area contributed by atoms with Gasteiger partial charge in [-0.15, -0.1) is 11.6 Å². The zero-order chi connectivity index (χ0) is 13.8. The zero-order valence-corrected chi connectivity index (χ0v) is 13.0. The molecular weight excluding hydrogens is 270 g/mol. The first-order valence-electron chi connectivity index (χ1n) is 8.24. The van der Waals surface area contributed by atoms with Crippen molar-refractivity contribution >= 4 is 11.6 Å². The normalized spacial score (nSPS) is 28.6. The molecule has 2 unspecified atom stereocenters. The topological polar surface area (TPSA) is 29.9 Å². The Labute approximate surface area is 127 Å². The van der Waals surface area contributed by atoms with Crippen molar-refractivity contribution in [2.75, 3.05) is 0 Å². The molecule has 2 fully saturated rings. The minimum absolute atomic E-state index is 0.286. The van der Waals surface area contributed by atoms with Crippen LogP contribution < -0.4 is 5.32 Å². The molecule has 0 amide bonds. The molecule has 0 spiro atoms. The summed E-state index contributed by atoms with van der Waals surface area (Å²) in [6.45, 7) is 0.855. The van der Waals surface area contributed by atoms with Gasteiger partial charge in [0.15, 0.2) is 0 Å². The largest absolute Gasteiger partial charge is 0.307 e. The van der Waals surface area contributed by atoms with Gasteiger partial charge in [0, 0.05) is 24.2 Å². The molecule has 4 heteroatoms. The van der Waals surface area contributed by atoms with Crippen LogP contribution in [-0.4, -0.2) is 21.2 Å². The summed E-state index contributed by atoms with van der Waals surface area (Å²) in [7, 11) is 0. The van der Waals surface area contributed by atoms with Crippen molar-refractivity contribution < 1.29 is 0 Å². The van der Waals surface area contributed by atoms with Crippen LogP contribution in [0.15, 0.2) is 12.3 Å². The zero-order valence-electron chi connectivity index (χ0n) is 12.2. The van der Waals surface area contributed by atoms with Crippen molar-refractivity contribution in [3.63, 3.8) is 0 Å². The van der Waals surface area contributed by atoms with Crippen LogP contribution in [-0.2, 0) is 6.54 Å². The van der Waals surface area contributed by atoms with Crippen LogP contribution in [0.25, 0.3) is 0 Å². The Balaban J connectivity index is 1.52. The maximum atomic E-state index is 6.47. The standard InChI is InChI=1S/C16H26ClN3/c17-15-8-2-1-3-9-16(15)18-12-13-10-11-20(19-13)14-6-4-5-7-14/h10-11,14-16,18H,1-9,12H2. The van der Waals surface area contributed by atoms with E-state index in [2.05, 4.69) is 22.3 Å². The average Bonchev–Trinajstić information content (AvgIpc) is 3.08. The van der Waals surface area contributed by atoms with E-state index in [0.717, 1.165) is 18.7 Å². The molecular formula is C16H26ClN3. The molecule has 2 saturated carbocycles. The summed E-state index contributed by atoms with van der Waals surface area (Å²) in [5.74, 6) is 0. The lowest BCUT2D eigenvalue weighted by Gasteiger charge is -2.20. The van der Waals surface area contributed by atoms with E-state index in [1.54, 1.807) is 0 Å². The van der Waals surface area contributed by atoms with Gasteiger partial charge in [0.2, 0.25) is 0 Å².